The zero-order valence-corrected chi connectivity index (χ0v) is 14.2. The minimum atomic E-state index is -3.62. The molecule has 1 aromatic heterocycles. The summed E-state index contributed by atoms with van der Waals surface area (Å²) in [6, 6.07) is 14.4. The topological polar surface area (TPSA) is 66.4 Å². The molecule has 0 radical (unpaired) electrons. The van der Waals surface area contributed by atoms with E-state index in [4.69, 9.17) is 0 Å². The van der Waals surface area contributed by atoms with Gasteiger partial charge in [0.1, 0.15) is 0 Å². The summed E-state index contributed by atoms with van der Waals surface area (Å²) < 4.78 is 28.1. The number of fused-ring (bicyclic) bond motifs is 1. The van der Waals surface area contributed by atoms with Gasteiger partial charge in [-0.1, -0.05) is 35.9 Å². The summed E-state index contributed by atoms with van der Waals surface area (Å²) in [5.41, 5.74) is 1.74. The summed E-state index contributed by atoms with van der Waals surface area (Å²) in [7, 11) is -3.62. The van der Waals surface area contributed by atoms with Crippen LogP contribution in [-0.4, -0.2) is 20.1 Å². The summed E-state index contributed by atoms with van der Waals surface area (Å²) in [5.74, 6) is 0. The van der Waals surface area contributed by atoms with Crippen LogP contribution in [-0.2, 0) is 10.0 Å². The van der Waals surface area contributed by atoms with Crippen molar-refractivity contribution in [3.63, 3.8) is 0 Å². The van der Waals surface area contributed by atoms with E-state index >= 15 is 0 Å². The molecule has 0 spiro atoms. The second-order valence-corrected chi connectivity index (χ2v) is 8.05. The SMILES string of the molecule is Cc1ccc(S(=O)(=O)NCC(O)c2csc3ccccc23)cc1. The molecule has 0 aliphatic heterocycles. The molecule has 1 unspecified atom stereocenters. The Kier molecular flexibility index (Phi) is 4.50. The number of thiophene rings is 1. The Hall–Kier alpha value is -1.73. The van der Waals surface area contributed by atoms with Gasteiger partial charge in [-0.25, -0.2) is 13.1 Å². The predicted octanol–water partition coefficient (Wildman–Crippen LogP) is 3.22. The van der Waals surface area contributed by atoms with Crippen molar-refractivity contribution < 1.29 is 13.5 Å². The van der Waals surface area contributed by atoms with Crippen molar-refractivity contribution in [1.29, 1.82) is 0 Å². The maximum atomic E-state index is 12.3. The van der Waals surface area contributed by atoms with Gasteiger partial charge in [-0.2, -0.15) is 0 Å². The molecule has 120 valence electrons. The molecule has 3 rings (SSSR count). The summed E-state index contributed by atoms with van der Waals surface area (Å²) in [4.78, 5) is 0.200. The van der Waals surface area contributed by atoms with Crippen LogP contribution in [0.25, 0.3) is 10.1 Å². The van der Waals surface area contributed by atoms with Gasteiger partial charge in [0, 0.05) is 16.8 Å². The molecule has 4 nitrogen and oxygen atoms in total. The molecule has 6 heteroatoms. The molecule has 0 saturated heterocycles. The molecule has 23 heavy (non-hydrogen) atoms. The fourth-order valence-electron chi connectivity index (χ4n) is 2.36. The highest BCUT2D eigenvalue weighted by atomic mass is 32.2. The van der Waals surface area contributed by atoms with Gasteiger partial charge in [-0.3, -0.25) is 0 Å². The molecule has 0 bridgehead atoms. The number of nitrogens with one attached hydrogen (secondary N) is 1. The molecule has 2 N–H and O–H groups in total. The third-order valence-corrected chi connectivity index (χ3v) is 6.09. The second kappa shape index (κ2) is 6.41. The molecule has 2 aromatic carbocycles. The average Bonchev–Trinajstić information content (AvgIpc) is 2.97. The van der Waals surface area contributed by atoms with Crippen molar-refractivity contribution in [2.45, 2.75) is 17.9 Å². The maximum Gasteiger partial charge on any atom is 0.240 e. The van der Waals surface area contributed by atoms with Crippen LogP contribution in [0.5, 0.6) is 0 Å². The number of hydrogen-bond donors (Lipinski definition) is 2. The lowest BCUT2D eigenvalue weighted by Gasteiger charge is -2.12. The molecular weight excluding hydrogens is 330 g/mol. The molecule has 0 saturated carbocycles. The number of sulfonamides is 1. The Balaban J connectivity index is 1.76. The van der Waals surface area contributed by atoms with Crippen LogP contribution < -0.4 is 4.72 Å². The van der Waals surface area contributed by atoms with Gasteiger partial charge in [0.05, 0.1) is 11.0 Å². The van der Waals surface area contributed by atoms with Crippen LogP contribution in [0, 0.1) is 6.92 Å². The Bertz CT molecular complexity index is 914. The van der Waals surface area contributed by atoms with Crippen LogP contribution in [0.2, 0.25) is 0 Å². The number of aliphatic hydroxyl groups is 1. The van der Waals surface area contributed by atoms with Gasteiger partial charge in [-0.05, 0) is 35.9 Å². The summed E-state index contributed by atoms with van der Waals surface area (Å²) in [6.45, 7) is 1.84. The number of aliphatic hydroxyl groups excluding tert-OH is 1. The lowest BCUT2D eigenvalue weighted by Crippen LogP contribution is -2.28. The van der Waals surface area contributed by atoms with Gasteiger partial charge in [0.25, 0.3) is 0 Å². The Morgan fingerprint density at radius 1 is 1.13 bits per heavy atom. The van der Waals surface area contributed by atoms with E-state index in [1.54, 1.807) is 24.3 Å². The Labute approximate surface area is 139 Å². The van der Waals surface area contributed by atoms with Gasteiger partial charge in [-0.15, -0.1) is 11.3 Å². The average molecular weight is 347 g/mol. The zero-order chi connectivity index (χ0) is 16.4. The Morgan fingerprint density at radius 3 is 2.57 bits per heavy atom. The van der Waals surface area contributed by atoms with Crippen molar-refractivity contribution >= 4 is 31.4 Å². The summed E-state index contributed by atoms with van der Waals surface area (Å²) >= 11 is 1.54. The molecule has 0 aliphatic carbocycles. The van der Waals surface area contributed by atoms with Crippen molar-refractivity contribution in [3.05, 3.63) is 65.0 Å². The molecule has 0 amide bonds. The van der Waals surface area contributed by atoms with E-state index in [2.05, 4.69) is 4.72 Å². The molecule has 3 aromatic rings. The van der Waals surface area contributed by atoms with Gasteiger partial charge in [0.15, 0.2) is 0 Å². The summed E-state index contributed by atoms with van der Waals surface area (Å²) in [6.07, 6.45) is -0.883. The summed E-state index contributed by atoms with van der Waals surface area (Å²) in [5, 5.41) is 13.2. The first-order valence-corrected chi connectivity index (χ1v) is 9.54. The third-order valence-electron chi connectivity index (χ3n) is 3.67. The van der Waals surface area contributed by atoms with E-state index in [0.29, 0.717) is 0 Å². The lowest BCUT2D eigenvalue weighted by atomic mass is 10.1. The molecule has 1 atom stereocenters. The number of aryl methyl sites for hydroxylation is 1. The predicted molar refractivity (Wildman–Crippen MR) is 93.2 cm³/mol. The van der Waals surface area contributed by atoms with Gasteiger partial charge in [0.2, 0.25) is 10.0 Å². The van der Waals surface area contributed by atoms with Crippen molar-refractivity contribution in [1.82, 2.24) is 4.72 Å². The monoisotopic (exact) mass is 347 g/mol. The van der Waals surface area contributed by atoms with Crippen LogP contribution >= 0.6 is 11.3 Å². The van der Waals surface area contributed by atoms with Gasteiger partial charge >= 0.3 is 0 Å². The highest BCUT2D eigenvalue weighted by molar-refractivity contribution is 7.89. The standard InChI is InChI=1S/C17H17NO3S2/c1-12-6-8-13(9-7-12)23(20,21)18-10-16(19)15-11-22-17-5-3-2-4-14(15)17/h2-9,11,16,18-19H,10H2,1H3. The molecule has 0 aliphatic rings. The number of benzene rings is 2. The molecule has 1 heterocycles. The molecular formula is C17H17NO3S2. The molecule has 0 fully saturated rings. The van der Waals surface area contributed by atoms with E-state index < -0.39 is 16.1 Å². The van der Waals surface area contributed by atoms with Crippen molar-refractivity contribution in [2.24, 2.45) is 0 Å². The van der Waals surface area contributed by atoms with E-state index in [0.717, 1.165) is 21.2 Å². The van der Waals surface area contributed by atoms with Crippen LogP contribution in [0.4, 0.5) is 0 Å². The van der Waals surface area contributed by atoms with Gasteiger partial charge < -0.3 is 5.11 Å². The van der Waals surface area contributed by atoms with Crippen molar-refractivity contribution in [2.75, 3.05) is 6.54 Å². The first-order valence-electron chi connectivity index (χ1n) is 7.18. The third kappa shape index (κ3) is 3.45. The minimum absolute atomic E-state index is 0.0586. The smallest absolute Gasteiger partial charge is 0.240 e. The first-order chi connectivity index (χ1) is 11.0. The van der Waals surface area contributed by atoms with Crippen LogP contribution in [0.3, 0.4) is 0 Å². The van der Waals surface area contributed by atoms with E-state index in [-0.39, 0.29) is 11.4 Å². The highest BCUT2D eigenvalue weighted by Gasteiger charge is 2.18. The number of hydrogen-bond acceptors (Lipinski definition) is 4. The lowest BCUT2D eigenvalue weighted by molar-refractivity contribution is 0.184. The first kappa shape index (κ1) is 16.1. The number of rotatable bonds is 5. The zero-order valence-electron chi connectivity index (χ0n) is 12.6. The highest BCUT2D eigenvalue weighted by Crippen LogP contribution is 2.30. The normalized spacial score (nSPS) is 13.3. The minimum Gasteiger partial charge on any atom is -0.387 e. The van der Waals surface area contributed by atoms with E-state index in [1.165, 1.54) is 11.3 Å². The maximum absolute atomic E-state index is 12.3. The largest absolute Gasteiger partial charge is 0.387 e. The van der Waals surface area contributed by atoms with E-state index in [9.17, 15) is 13.5 Å². The fraction of sp³-hybridized carbons (Fsp3) is 0.176. The fourth-order valence-corrected chi connectivity index (χ4v) is 4.40. The quantitative estimate of drug-likeness (QED) is 0.745. The Morgan fingerprint density at radius 2 is 1.83 bits per heavy atom. The second-order valence-electron chi connectivity index (χ2n) is 5.37. The van der Waals surface area contributed by atoms with E-state index in [1.807, 2.05) is 36.6 Å². The van der Waals surface area contributed by atoms with Crippen LogP contribution in [0.15, 0.2) is 58.8 Å². The van der Waals surface area contributed by atoms with Crippen LogP contribution in [0.1, 0.15) is 17.2 Å². The van der Waals surface area contributed by atoms with Crippen molar-refractivity contribution in [3.8, 4) is 0 Å².